The molecule has 0 aliphatic carbocycles. The lowest BCUT2D eigenvalue weighted by molar-refractivity contribution is 0.628. The van der Waals surface area contributed by atoms with Gasteiger partial charge in [0, 0.05) is 5.56 Å². The fraction of sp³-hybridized carbons (Fsp3) is 0. The summed E-state index contributed by atoms with van der Waals surface area (Å²) in [7, 11) is 0. The molecule has 0 fully saturated rings. The molecule has 2 rings (SSSR count). The van der Waals surface area contributed by atoms with Crippen LogP contribution in [0.5, 0.6) is 0 Å². The minimum absolute atomic E-state index is 0.315. The van der Waals surface area contributed by atoms with Gasteiger partial charge in [-0.15, -0.1) is 11.3 Å². The highest BCUT2D eigenvalue weighted by Crippen LogP contribution is 2.27. The van der Waals surface area contributed by atoms with E-state index in [2.05, 4.69) is 27.6 Å². The predicted octanol–water partition coefficient (Wildman–Crippen LogP) is 3.43. The Morgan fingerprint density at radius 2 is 2.20 bits per heavy atom. The smallest absolute Gasteiger partial charge is 0.125 e. The zero-order valence-electron chi connectivity index (χ0n) is 7.37. The van der Waals surface area contributed by atoms with Crippen LogP contribution in [0.2, 0.25) is 0 Å². The first-order valence-corrected chi connectivity index (χ1v) is 5.91. The van der Waals surface area contributed by atoms with Crippen molar-refractivity contribution >= 4 is 33.9 Å². The molecule has 0 N–H and O–H groups in total. The van der Waals surface area contributed by atoms with Crippen molar-refractivity contribution in [3.05, 3.63) is 38.7 Å². The van der Waals surface area contributed by atoms with Gasteiger partial charge in [0.15, 0.2) is 0 Å². The minimum atomic E-state index is -0.408. The quantitative estimate of drug-likeness (QED) is 0.751. The van der Waals surface area contributed by atoms with Gasteiger partial charge < -0.3 is 0 Å². The van der Waals surface area contributed by atoms with Crippen LogP contribution in [0.4, 0.5) is 4.39 Å². The van der Waals surface area contributed by atoms with Gasteiger partial charge in [-0.05, 0) is 40.8 Å². The van der Waals surface area contributed by atoms with Crippen LogP contribution in [0.15, 0.2) is 24.4 Å². The Morgan fingerprint density at radius 3 is 2.80 bits per heavy atom. The van der Waals surface area contributed by atoms with Crippen molar-refractivity contribution in [1.82, 2.24) is 4.98 Å². The second-order valence-electron chi connectivity index (χ2n) is 2.81. The van der Waals surface area contributed by atoms with Crippen molar-refractivity contribution in [3.8, 4) is 16.6 Å². The average Bonchev–Trinajstić information content (AvgIpc) is 2.64. The van der Waals surface area contributed by atoms with E-state index in [-0.39, 0.29) is 0 Å². The summed E-state index contributed by atoms with van der Waals surface area (Å²) in [6.07, 6.45) is 1.72. The van der Waals surface area contributed by atoms with E-state index in [1.165, 1.54) is 23.5 Å². The third-order valence-corrected chi connectivity index (χ3v) is 3.53. The highest BCUT2D eigenvalue weighted by Gasteiger charge is 2.06. The van der Waals surface area contributed by atoms with Crippen LogP contribution in [-0.2, 0) is 0 Å². The number of hydrogen-bond acceptors (Lipinski definition) is 3. The molecule has 0 aliphatic rings. The molecule has 2 aromatic rings. The van der Waals surface area contributed by atoms with Crippen molar-refractivity contribution in [1.29, 1.82) is 5.26 Å². The lowest BCUT2D eigenvalue weighted by Crippen LogP contribution is -1.82. The number of rotatable bonds is 1. The van der Waals surface area contributed by atoms with E-state index in [1.54, 1.807) is 12.3 Å². The third kappa shape index (κ3) is 2.33. The molecule has 0 spiro atoms. The second kappa shape index (κ2) is 4.24. The van der Waals surface area contributed by atoms with Gasteiger partial charge in [0.25, 0.3) is 0 Å². The van der Waals surface area contributed by atoms with Gasteiger partial charge in [0.05, 0.1) is 20.7 Å². The fourth-order valence-electron chi connectivity index (χ4n) is 1.17. The molecular weight excluding hydrogens is 326 g/mol. The summed E-state index contributed by atoms with van der Waals surface area (Å²) in [5.74, 6) is -0.408. The summed E-state index contributed by atoms with van der Waals surface area (Å²) in [4.78, 5) is 4.14. The molecule has 1 aromatic heterocycles. The number of halogens is 2. The van der Waals surface area contributed by atoms with Gasteiger partial charge in [-0.2, -0.15) is 5.26 Å². The Labute approximate surface area is 104 Å². The van der Waals surface area contributed by atoms with Gasteiger partial charge in [0.2, 0.25) is 0 Å². The number of nitriles is 1. The Morgan fingerprint density at radius 1 is 1.40 bits per heavy atom. The molecule has 1 aromatic carbocycles. The summed E-state index contributed by atoms with van der Waals surface area (Å²) in [6, 6.07) is 6.15. The summed E-state index contributed by atoms with van der Waals surface area (Å²) < 4.78 is 14.2. The number of benzene rings is 1. The largest absolute Gasteiger partial charge is 0.243 e. The zero-order valence-corrected chi connectivity index (χ0v) is 10.3. The van der Waals surface area contributed by atoms with Gasteiger partial charge in [0.1, 0.15) is 10.8 Å². The molecule has 0 aliphatic heterocycles. The molecule has 5 heteroatoms. The number of aromatic nitrogens is 1. The van der Waals surface area contributed by atoms with Crippen molar-refractivity contribution in [3.63, 3.8) is 0 Å². The van der Waals surface area contributed by atoms with Crippen molar-refractivity contribution < 1.29 is 4.39 Å². The van der Waals surface area contributed by atoms with E-state index in [1.807, 2.05) is 6.07 Å². The Balaban J connectivity index is 2.54. The molecule has 0 bridgehead atoms. The summed E-state index contributed by atoms with van der Waals surface area (Å²) in [5, 5.41) is 9.44. The summed E-state index contributed by atoms with van der Waals surface area (Å²) in [5.41, 5.74) is 0.967. The predicted molar refractivity (Wildman–Crippen MR) is 64.9 cm³/mol. The highest BCUT2D eigenvalue weighted by molar-refractivity contribution is 14.1. The molecular formula is C10H4FIN2S. The van der Waals surface area contributed by atoms with Crippen molar-refractivity contribution in [2.45, 2.75) is 0 Å². The van der Waals surface area contributed by atoms with Crippen LogP contribution >= 0.6 is 33.9 Å². The fourth-order valence-corrected chi connectivity index (χ4v) is 2.56. The molecule has 0 saturated carbocycles. The first kappa shape index (κ1) is 10.5. The van der Waals surface area contributed by atoms with Crippen LogP contribution in [0.3, 0.4) is 0 Å². The number of hydrogen-bond donors (Lipinski definition) is 0. The van der Waals surface area contributed by atoms with Crippen molar-refractivity contribution in [2.75, 3.05) is 0 Å². The number of nitrogens with zero attached hydrogens (tertiary/aromatic N) is 2. The van der Waals surface area contributed by atoms with Crippen LogP contribution in [0.25, 0.3) is 10.6 Å². The standard InChI is InChI=1S/C10H4FIN2S/c11-8-2-6(4-13)1-7(3-8)10-14-5-9(12)15-10/h1-3,5H. The van der Waals surface area contributed by atoms with E-state index in [4.69, 9.17) is 5.26 Å². The van der Waals surface area contributed by atoms with E-state index in [9.17, 15) is 4.39 Å². The molecule has 0 amide bonds. The van der Waals surface area contributed by atoms with E-state index >= 15 is 0 Å². The molecule has 15 heavy (non-hydrogen) atoms. The summed E-state index contributed by atoms with van der Waals surface area (Å²) in [6.45, 7) is 0. The molecule has 1 heterocycles. The highest BCUT2D eigenvalue weighted by atomic mass is 127. The molecule has 0 saturated heterocycles. The maximum atomic E-state index is 13.1. The topological polar surface area (TPSA) is 36.7 Å². The Kier molecular flexibility index (Phi) is 2.98. The van der Waals surface area contributed by atoms with Gasteiger partial charge in [-0.1, -0.05) is 0 Å². The van der Waals surface area contributed by atoms with E-state index in [0.717, 1.165) is 7.89 Å². The van der Waals surface area contributed by atoms with E-state index in [0.29, 0.717) is 11.1 Å². The zero-order chi connectivity index (χ0) is 10.8. The van der Waals surface area contributed by atoms with Crippen LogP contribution < -0.4 is 0 Å². The minimum Gasteiger partial charge on any atom is -0.243 e. The monoisotopic (exact) mass is 330 g/mol. The molecule has 74 valence electrons. The maximum Gasteiger partial charge on any atom is 0.125 e. The molecule has 0 unspecified atom stereocenters. The molecule has 0 atom stereocenters. The SMILES string of the molecule is N#Cc1cc(F)cc(-c2ncc(I)s2)c1. The normalized spacial score (nSPS) is 9.93. The van der Waals surface area contributed by atoms with Crippen LogP contribution in [0.1, 0.15) is 5.56 Å². The van der Waals surface area contributed by atoms with Crippen molar-refractivity contribution in [2.24, 2.45) is 0 Å². The van der Waals surface area contributed by atoms with E-state index < -0.39 is 5.82 Å². The average molecular weight is 330 g/mol. The Bertz CT molecular complexity index is 545. The Hall–Kier alpha value is -1.000. The first-order chi connectivity index (χ1) is 7.19. The lowest BCUT2D eigenvalue weighted by atomic mass is 10.1. The third-order valence-electron chi connectivity index (χ3n) is 1.75. The van der Waals surface area contributed by atoms with Crippen LogP contribution in [0, 0.1) is 20.0 Å². The second-order valence-corrected chi connectivity index (χ2v) is 5.73. The number of thiazole rings is 1. The molecule has 2 nitrogen and oxygen atoms in total. The van der Waals surface area contributed by atoms with Crippen LogP contribution in [-0.4, -0.2) is 4.98 Å². The molecule has 0 radical (unpaired) electrons. The van der Waals surface area contributed by atoms with Gasteiger partial charge >= 0.3 is 0 Å². The van der Waals surface area contributed by atoms with Gasteiger partial charge in [-0.25, -0.2) is 9.37 Å². The first-order valence-electron chi connectivity index (χ1n) is 4.01. The van der Waals surface area contributed by atoms with Gasteiger partial charge in [-0.3, -0.25) is 0 Å². The lowest BCUT2D eigenvalue weighted by Gasteiger charge is -1.97. The maximum absolute atomic E-state index is 13.1. The summed E-state index contributed by atoms with van der Waals surface area (Å²) >= 11 is 3.62.